The average Bonchev–Trinajstić information content (AvgIpc) is 2.38. The highest BCUT2D eigenvalue weighted by molar-refractivity contribution is 9.10. The number of halogens is 2. The summed E-state index contributed by atoms with van der Waals surface area (Å²) < 4.78 is 6.15. The van der Waals surface area contributed by atoms with Gasteiger partial charge in [-0.05, 0) is 52.7 Å². The van der Waals surface area contributed by atoms with Crippen molar-refractivity contribution in [2.45, 2.75) is 13.0 Å². The summed E-state index contributed by atoms with van der Waals surface area (Å²) in [5.41, 5.74) is 1.13. The average molecular weight is 342 g/mol. The Labute approximate surface area is 126 Å². The summed E-state index contributed by atoms with van der Waals surface area (Å²) in [5.74, 6) is 1.57. The van der Waals surface area contributed by atoms with Crippen molar-refractivity contribution in [1.82, 2.24) is 4.98 Å². The van der Waals surface area contributed by atoms with Crippen molar-refractivity contribution in [1.29, 1.82) is 0 Å². The third-order valence-electron chi connectivity index (χ3n) is 2.76. The number of rotatable bonds is 4. The van der Waals surface area contributed by atoms with E-state index in [1.54, 1.807) is 13.2 Å². The SMILES string of the molecule is COc1ccc(C(C)Nc2cccc(Cl)n2)cc1Br. The zero-order chi connectivity index (χ0) is 13.8. The number of pyridine rings is 1. The van der Waals surface area contributed by atoms with E-state index in [1.165, 1.54) is 0 Å². The summed E-state index contributed by atoms with van der Waals surface area (Å²) in [5, 5.41) is 3.79. The Balaban J connectivity index is 2.15. The first-order valence-corrected chi connectivity index (χ1v) is 7.00. The lowest BCUT2D eigenvalue weighted by Gasteiger charge is -2.16. The molecule has 1 atom stereocenters. The molecule has 0 aliphatic heterocycles. The van der Waals surface area contributed by atoms with E-state index in [4.69, 9.17) is 16.3 Å². The molecule has 0 saturated heterocycles. The zero-order valence-corrected chi connectivity index (χ0v) is 13.0. The molecule has 1 aromatic carbocycles. The van der Waals surface area contributed by atoms with E-state index in [2.05, 4.69) is 33.2 Å². The molecule has 0 amide bonds. The summed E-state index contributed by atoms with van der Waals surface area (Å²) in [6.45, 7) is 2.07. The number of nitrogens with zero attached hydrogens (tertiary/aromatic N) is 1. The first-order chi connectivity index (χ1) is 9.10. The molecule has 5 heteroatoms. The Morgan fingerprint density at radius 1 is 1.32 bits per heavy atom. The molecule has 0 aliphatic carbocycles. The second-order valence-electron chi connectivity index (χ2n) is 4.11. The smallest absolute Gasteiger partial charge is 0.133 e. The molecule has 1 unspecified atom stereocenters. The number of anilines is 1. The third kappa shape index (κ3) is 3.61. The van der Waals surface area contributed by atoms with E-state index in [0.717, 1.165) is 21.6 Å². The van der Waals surface area contributed by atoms with E-state index in [9.17, 15) is 0 Å². The van der Waals surface area contributed by atoms with Gasteiger partial charge in [0.25, 0.3) is 0 Å². The number of hydrogen-bond acceptors (Lipinski definition) is 3. The summed E-state index contributed by atoms with van der Waals surface area (Å²) in [6.07, 6.45) is 0. The standard InChI is InChI=1S/C14H14BrClN2O/c1-9(17-14-5-3-4-13(16)18-14)10-6-7-12(19-2)11(15)8-10/h3-9H,1-2H3,(H,17,18). The van der Waals surface area contributed by atoms with Crippen LogP contribution < -0.4 is 10.1 Å². The highest BCUT2D eigenvalue weighted by Gasteiger charge is 2.09. The fourth-order valence-electron chi connectivity index (χ4n) is 1.75. The lowest BCUT2D eigenvalue weighted by Crippen LogP contribution is -2.08. The number of benzene rings is 1. The molecule has 2 rings (SSSR count). The molecule has 1 N–H and O–H groups in total. The van der Waals surface area contributed by atoms with Crippen LogP contribution in [0.2, 0.25) is 5.15 Å². The zero-order valence-electron chi connectivity index (χ0n) is 10.7. The van der Waals surface area contributed by atoms with Gasteiger partial charge < -0.3 is 10.1 Å². The van der Waals surface area contributed by atoms with E-state index < -0.39 is 0 Å². The second kappa shape index (κ2) is 6.26. The molecule has 2 aromatic rings. The van der Waals surface area contributed by atoms with Gasteiger partial charge in [-0.15, -0.1) is 0 Å². The van der Waals surface area contributed by atoms with Crippen molar-refractivity contribution < 1.29 is 4.74 Å². The molecule has 1 heterocycles. The number of hydrogen-bond donors (Lipinski definition) is 1. The van der Waals surface area contributed by atoms with Crippen molar-refractivity contribution in [3.05, 3.63) is 51.6 Å². The monoisotopic (exact) mass is 340 g/mol. The van der Waals surface area contributed by atoms with Gasteiger partial charge in [-0.25, -0.2) is 4.98 Å². The van der Waals surface area contributed by atoms with Gasteiger partial charge in [0.15, 0.2) is 0 Å². The number of nitrogens with one attached hydrogen (secondary N) is 1. The Hall–Kier alpha value is -1.26. The molecule has 0 spiro atoms. The highest BCUT2D eigenvalue weighted by atomic mass is 79.9. The minimum Gasteiger partial charge on any atom is -0.496 e. The lowest BCUT2D eigenvalue weighted by atomic mass is 10.1. The van der Waals surface area contributed by atoms with E-state index in [1.807, 2.05) is 30.3 Å². The van der Waals surface area contributed by atoms with Crippen molar-refractivity contribution in [2.75, 3.05) is 12.4 Å². The largest absolute Gasteiger partial charge is 0.496 e. The maximum atomic E-state index is 5.86. The van der Waals surface area contributed by atoms with Crippen LogP contribution in [-0.4, -0.2) is 12.1 Å². The van der Waals surface area contributed by atoms with Crippen molar-refractivity contribution >= 4 is 33.3 Å². The maximum absolute atomic E-state index is 5.86. The van der Waals surface area contributed by atoms with Gasteiger partial charge in [0.2, 0.25) is 0 Å². The van der Waals surface area contributed by atoms with Gasteiger partial charge in [0.1, 0.15) is 16.7 Å². The molecule has 1 aromatic heterocycles. The number of methoxy groups -OCH3 is 1. The Morgan fingerprint density at radius 2 is 2.11 bits per heavy atom. The fraction of sp³-hybridized carbons (Fsp3) is 0.214. The Morgan fingerprint density at radius 3 is 2.74 bits per heavy atom. The summed E-state index contributed by atoms with van der Waals surface area (Å²) in [7, 11) is 1.65. The van der Waals surface area contributed by atoms with Crippen molar-refractivity contribution in [3.63, 3.8) is 0 Å². The van der Waals surface area contributed by atoms with Crippen LogP contribution in [0.25, 0.3) is 0 Å². The molecule has 19 heavy (non-hydrogen) atoms. The highest BCUT2D eigenvalue weighted by Crippen LogP contribution is 2.29. The van der Waals surface area contributed by atoms with Crippen LogP contribution in [0.5, 0.6) is 5.75 Å². The fourth-order valence-corrected chi connectivity index (χ4v) is 2.47. The van der Waals surface area contributed by atoms with Gasteiger partial charge in [0.05, 0.1) is 11.6 Å². The predicted molar refractivity (Wildman–Crippen MR) is 82.0 cm³/mol. The first kappa shape index (κ1) is 14.2. The molecule has 0 saturated carbocycles. The van der Waals surface area contributed by atoms with Crippen LogP contribution in [0.15, 0.2) is 40.9 Å². The van der Waals surface area contributed by atoms with Gasteiger partial charge in [-0.1, -0.05) is 23.7 Å². The van der Waals surface area contributed by atoms with Crippen LogP contribution >= 0.6 is 27.5 Å². The van der Waals surface area contributed by atoms with Crippen molar-refractivity contribution in [2.24, 2.45) is 0 Å². The molecule has 100 valence electrons. The summed E-state index contributed by atoms with van der Waals surface area (Å²) >= 11 is 9.35. The molecule has 0 fully saturated rings. The molecule has 0 bridgehead atoms. The van der Waals surface area contributed by atoms with Gasteiger partial charge in [-0.3, -0.25) is 0 Å². The van der Waals surface area contributed by atoms with Crippen molar-refractivity contribution in [3.8, 4) is 5.75 Å². The molecule has 0 aliphatic rings. The van der Waals surface area contributed by atoms with Crippen LogP contribution in [0, 0.1) is 0 Å². The normalized spacial score (nSPS) is 12.0. The van der Waals surface area contributed by atoms with Crippen LogP contribution in [0.3, 0.4) is 0 Å². The van der Waals surface area contributed by atoms with Crippen LogP contribution in [0.4, 0.5) is 5.82 Å². The second-order valence-corrected chi connectivity index (χ2v) is 5.35. The van der Waals surface area contributed by atoms with E-state index in [0.29, 0.717) is 5.15 Å². The van der Waals surface area contributed by atoms with E-state index in [-0.39, 0.29) is 6.04 Å². The minimum absolute atomic E-state index is 0.119. The first-order valence-electron chi connectivity index (χ1n) is 5.82. The van der Waals surface area contributed by atoms with Gasteiger partial charge in [-0.2, -0.15) is 0 Å². The minimum atomic E-state index is 0.119. The van der Waals surface area contributed by atoms with Crippen LogP contribution in [-0.2, 0) is 0 Å². The third-order valence-corrected chi connectivity index (χ3v) is 3.59. The summed E-state index contributed by atoms with van der Waals surface area (Å²) in [4.78, 5) is 4.21. The lowest BCUT2D eigenvalue weighted by molar-refractivity contribution is 0.412. The predicted octanol–water partition coefficient (Wildman–Crippen LogP) is 4.68. The molecular formula is C14H14BrClN2O. The topological polar surface area (TPSA) is 34.1 Å². The molecule has 0 radical (unpaired) electrons. The summed E-state index contributed by atoms with van der Waals surface area (Å²) in [6, 6.07) is 11.6. The van der Waals surface area contributed by atoms with Crippen LogP contribution in [0.1, 0.15) is 18.5 Å². The maximum Gasteiger partial charge on any atom is 0.133 e. The van der Waals surface area contributed by atoms with Gasteiger partial charge in [0, 0.05) is 6.04 Å². The molecule has 3 nitrogen and oxygen atoms in total. The quantitative estimate of drug-likeness (QED) is 0.820. The Bertz CT molecular complexity index is 577. The van der Waals surface area contributed by atoms with E-state index >= 15 is 0 Å². The Kier molecular flexibility index (Phi) is 4.66. The molecular weight excluding hydrogens is 328 g/mol. The van der Waals surface area contributed by atoms with Gasteiger partial charge >= 0.3 is 0 Å². The number of ether oxygens (including phenoxy) is 1. The number of aromatic nitrogens is 1.